The van der Waals surface area contributed by atoms with Crippen LogP contribution >= 0.6 is 11.6 Å². The lowest BCUT2D eigenvalue weighted by Crippen LogP contribution is -2.24. The zero-order chi connectivity index (χ0) is 20.5. The van der Waals surface area contributed by atoms with Gasteiger partial charge in [0.1, 0.15) is 0 Å². The molecule has 0 fully saturated rings. The number of hydrogen-bond donors (Lipinski definition) is 1. The molecule has 1 amide bonds. The van der Waals surface area contributed by atoms with Crippen molar-refractivity contribution in [1.29, 1.82) is 0 Å². The van der Waals surface area contributed by atoms with E-state index < -0.39 is 0 Å². The first-order valence-electron chi connectivity index (χ1n) is 9.31. The second kappa shape index (κ2) is 10.7. The van der Waals surface area contributed by atoms with Gasteiger partial charge in [-0.1, -0.05) is 36.7 Å². The third kappa shape index (κ3) is 6.23. The quantitative estimate of drug-likeness (QED) is 0.512. The number of esters is 1. The summed E-state index contributed by atoms with van der Waals surface area (Å²) in [5.41, 5.74) is 3.66. The zero-order valence-electron chi connectivity index (χ0n) is 16.5. The first-order valence-corrected chi connectivity index (χ1v) is 9.69. The van der Waals surface area contributed by atoms with Gasteiger partial charge < -0.3 is 10.1 Å². The molecule has 1 heterocycles. The molecule has 0 radical (unpaired) electrons. The van der Waals surface area contributed by atoms with Gasteiger partial charge in [-0.3, -0.25) is 14.3 Å². The van der Waals surface area contributed by atoms with E-state index in [0.29, 0.717) is 18.2 Å². The van der Waals surface area contributed by atoms with Crippen molar-refractivity contribution in [2.45, 2.75) is 40.2 Å². The molecule has 0 bridgehead atoms. The topological polar surface area (TPSA) is 73.2 Å². The Labute approximate surface area is 170 Å². The Hall–Kier alpha value is -2.60. The van der Waals surface area contributed by atoms with Crippen molar-refractivity contribution in [1.82, 2.24) is 15.1 Å². The lowest BCUT2D eigenvalue weighted by atomic mass is 10.1. The maximum absolute atomic E-state index is 12.0. The minimum atomic E-state index is -0.307. The summed E-state index contributed by atoms with van der Waals surface area (Å²) in [7, 11) is 0. The van der Waals surface area contributed by atoms with E-state index >= 15 is 0 Å². The molecule has 150 valence electrons. The number of nitrogens with zero attached hydrogens (tertiary/aromatic N) is 2. The maximum atomic E-state index is 12.0. The van der Waals surface area contributed by atoms with Crippen LogP contribution in [0.15, 0.2) is 30.3 Å². The molecule has 0 spiro atoms. The summed E-state index contributed by atoms with van der Waals surface area (Å²) in [6.07, 6.45) is 4.14. The van der Waals surface area contributed by atoms with Crippen LogP contribution in [0.2, 0.25) is 5.02 Å². The van der Waals surface area contributed by atoms with Crippen LogP contribution in [0.1, 0.15) is 42.3 Å². The minimum Gasteiger partial charge on any atom is -0.466 e. The summed E-state index contributed by atoms with van der Waals surface area (Å²) < 4.78 is 6.84. The van der Waals surface area contributed by atoms with Crippen LogP contribution in [-0.4, -0.2) is 34.8 Å². The van der Waals surface area contributed by atoms with Crippen LogP contribution in [-0.2, 0) is 20.9 Å². The molecule has 0 aliphatic heterocycles. The third-order valence-electron chi connectivity index (χ3n) is 4.21. The summed E-state index contributed by atoms with van der Waals surface area (Å²) in [6.45, 7) is 7.00. The fourth-order valence-corrected chi connectivity index (χ4v) is 2.88. The van der Waals surface area contributed by atoms with Crippen molar-refractivity contribution in [3.63, 3.8) is 0 Å². The van der Waals surface area contributed by atoms with Crippen LogP contribution < -0.4 is 5.32 Å². The maximum Gasteiger partial charge on any atom is 0.307 e. The summed E-state index contributed by atoms with van der Waals surface area (Å²) in [5, 5.41) is 7.93. The monoisotopic (exact) mass is 403 g/mol. The van der Waals surface area contributed by atoms with Gasteiger partial charge in [0.2, 0.25) is 5.91 Å². The molecule has 1 aromatic carbocycles. The highest BCUT2D eigenvalue weighted by molar-refractivity contribution is 6.31. The Kier molecular flexibility index (Phi) is 8.26. The molecule has 2 aromatic rings. The van der Waals surface area contributed by atoms with Crippen molar-refractivity contribution < 1.29 is 14.3 Å². The van der Waals surface area contributed by atoms with Crippen LogP contribution in [0.5, 0.6) is 0 Å². The smallest absolute Gasteiger partial charge is 0.307 e. The predicted octanol–water partition coefficient (Wildman–Crippen LogP) is 3.67. The number of carbonyl (C=O) groups is 2. The molecule has 2 rings (SSSR count). The van der Waals surface area contributed by atoms with E-state index in [1.165, 1.54) is 6.08 Å². The zero-order valence-corrected chi connectivity index (χ0v) is 17.3. The van der Waals surface area contributed by atoms with Crippen LogP contribution in [0.3, 0.4) is 0 Å². The van der Waals surface area contributed by atoms with E-state index in [1.54, 1.807) is 6.08 Å². The Balaban J connectivity index is 1.94. The van der Waals surface area contributed by atoms with Gasteiger partial charge in [-0.25, -0.2) is 0 Å². The van der Waals surface area contributed by atoms with Crippen molar-refractivity contribution in [2.75, 3.05) is 13.2 Å². The average molecular weight is 404 g/mol. The molecule has 0 saturated carbocycles. The molecule has 7 heteroatoms. The third-order valence-corrected chi connectivity index (χ3v) is 4.58. The number of nitrogens with one attached hydrogen (secondary N) is 1. The average Bonchev–Trinajstić information content (AvgIpc) is 2.93. The Morgan fingerprint density at radius 2 is 2.04 bits per heavy atom. The molecule has 6 nitrogen and oxygen atoms in total. The lowest BCUT2D eigenvalue weighted by Gasteiger charge is -2.06. The number of aryl methyl sites for hydroxylation is 1. The van der Waals surface area contributed by atoms with Crippen molar-refractivity contribution >= 4 is 29.6 Å². The highest BCUT2D eigenvalue weighted by atomic mass is 35.5. The number of benzene rings is 1. The van der Waals surface area contributed by atoms with Crippen molar-refractivity contribution in [3.05, 3.63) is 57.9 Å². The van der Waals surface area contributed by atoms with Crippen molar-refractivity contribution in [2.24, 2.45) is 0 Å². The number of rotatable bonds is 9. The van der Waals surface area contributed by atoms with Crippen molar-refractivity contribution in [3.8, 4) is 0 Å². The van der Waals surface area contributed by atoms with Gasteiger partial charge in [0, 0.05) is 28.9 Å². The van der Waals surface area contributed by atoms with E-state index in [2.05, 4.69) is 10.4 Å². The lowest BCUT2D eigenvalue weighted by molar-refractivity contribution is -0.143. The Bertz CT molecular complexity index is 859. The Morgan fingerprint density at radius 3 is 2.75 bits per heavy atom. The largest absolute Gasteiger partial charge is 0.466 e. The highest BCUT2D eigenvalue weighted by Crippen LogP contribution is 2.20. The van der Waals surface area contributed by atoms with E-state index in [1.807, 2.05) is 49.7 Å². The molecule has 28 heavy (non-hydrogen) atoms. The molecular weight excluding hydrogens is 378 g/mol. The molecule has 0 unspecified atom stereocenters. The molecule has 1 N–H and O–H groups in total. The SMILES string of the molecule is CCCOC(=O)CCNC(=O)/C=C/c1c(C)nn(Cc2ccccc2Cl)c1C. The van der Waals surface area contributed by atoms with Crippen LogP contribution in [0, 0.1) is 13.8 Å². The van der Waals surface area contributed by atoms with E-state index in [-0.39, 0.29) is 24.8 Å². The number of amides is 1. The van der Waals surface area contributed by atoms with E-state index in [0.717, 1.165) is 28.9 Å². The van der Waals surface area contributed by atoms with Gasteiger partial charge in [-0.15, -0.1) is 0 Å². The molecule has 0 aliphatic rings. The summed E-state index contributed by atoms with van der Waals surface area (Å²) in [5.74, 6) is -0.570. The van der Waals surface area contributed by atoms with Crippen LogP contribution in [0.4, 0.5) is 0 Å². The summed E-state index contributed by atoms with van der Waals surface area (Å²) in [4.78, 5) is 23.4. The normalized spacial score (nSPS) is 11.0. The first kappa shape index (κ1) is 21.7. The van der Waals surface area contributed by atoms with Gasteiger partial charge in [-0.2, -0.15) is 5.10 Å². The molecule has 1 aromatic heterocycles. The molecule has 0 atom stereocenters. The fraction of sp³-hybridized carbons (Fsp3) is 0.381. The predicted molar refractivity (Wildman–Crippen MR) is 110 cm³/mol. The number of carbonyl (C=O) groups excluding carboxylic acids is 2. The Morgan fingerprint density at radius 1 is 1.29 bits per heavy atom. The summed E-state index contributed by atoms with van der Waals surface area (Å²) >= 11 is 6.23. The first-order chi connectivity index (χ1) is 13.4. The van der Waals surface area contributed by atoms with Gasteiger partial charge in [0.05, 0.1) is 25.3 Å². The minimum absolute atomic E-state index is 0.160. The number of aromatic nitrogens is 2. The van der Waals surface area contributed by atoms with Gasteiger partial charge in [0.25, 0.3) is 0 Å². The standard InChI is InChI=1S/C21H26ClN3O3/c1-4-13-28-21(27)11-12-23-20(26)10-9-18-15(2)24-25(16(18)3)14-17-7-5-6-8-19(17)22/h5-10H,4,11-14H2,1-3H3,(H,23,26)/b10-9+. The second-order valence-corrected chi connectivity index (χ2v) is 6.84. The molecular formula is C21H26ClN3O3. The highest BCUT2D eigenvalue weighted by Gasteiger charge is 2.11. The van der Waals surface area contributed by atoms with E-state index in [9.17, 15) is 9.59 Å². The van der Waals surface area contributed by atoms with Gasteiger partial charge in [0.15, 0.2) is 0 Å². The van der Waals surface area contributed by atoms with Gasteiger partial charge in [-0.05, 0) is 38.0 Å². The molecule has 0 aliphatic carbocycles. The number of ether oxygens (including phenoxy) is 1. The molecule has 0 saturated heterocycles. The summed E-state index contributed by atoms with van der Waals surface area (Å²) in [6, 6.07) is 7.65. The van der Waals surface area contributed by atoms with Gasteiger partial charge >= 0.3 is 5.97 Å². The fourth-order valence-electron chi connectivity index (χ4n) is 2.69. The van der Waals surface area contributed by atoms with Crippen LogP contribution in [0.25, 0.3) is 6.08 Å². The number of halogens is 1. The second-order valence-electron chi connectivity index (χ2n) is 6.43. The van der Waals surface area contributed by atoms with E-state index in [4.69, 9.17) is 16.3 Å². The number of hydrogen-bond acceptors (Lipinski definition) is 4.